The number of rotatable bonds is 10. The number of aryl methyl sites for hydroxylation is 1. The van der Waals surface area contributed by atoms with E-state index in [9.17, 15) is 8.42 Å². The zero-order valence-electron chi connectivity index (χ0n) is 20.0. The van der Waals surface area contributed by atoms with Crippen LogP contribution in [-0.4, -0.2) is 34.5 Å². The zero-order valence-corrected chi connectivity index (χ0v) is 20.8. The van der Waals surface area contributed by atoms with Crippen molar-refractivity contribution in [3.63, 3.8) is 0 Å². The lowest BCUT2D eigenvalue weighted by molar-refractivity contribution is 0.242. The lowest BCUT2D eigenvalue weighted by Crippen LogP contribution is -2.21. The van der Waals surface area contributed by atoms with Gasteiger partial charge in [-0.1, -0.05) is 29.8 Å². The SMILES string of the molecule is COc1cc(OC)cc(C(Cc2ccc(OC(C)C)cc2)=NNS(=O)(=O)c2ccc(C)cc2)c1. The molecule has 0 radical (unpaired) electrons. The van der Waals surface area contributed by atoms with Crippen LogP contribution in [0.2, 0.25) is 0 Å². The van der Waals surface area contributed by atoms with Gasteiger partial charge in [0.25, 0.3) is 10.0 Å². The van der Waals surface area contributed by atoms with Gasteiger partial charge in [0.1, 0.15) is 17.2 Å². The van der Waals surface area contributed by atoms with Crippen molar-refractivity contribution in [1.29, 1.82) is 0 Å². The van der Waals surface area contributed by atoms with E-state index in [1.165, 1.54) is 0 Å². The van der Waals surface area contributed by atoms with Gasteiger partial charge in [-0.3, -0.25) is 0 Å². The standard InChI is InChI=1S/C26H30N2O5S/c1-18(2)33-22-10-8-20(9-11-22)14-26(21-15-23(31-4)17-24(16-21)32-5)27-28-34(29,30)25-12-6-19(3)7-13-25/h6-13,15-18,28H,14H2,1-5H3. The number of hydrogen-bond acceptors (Lipinski definition) is 6. The van der Waals surface area contributed by atoms with Gasteiger partial charge in [0.15, 0.2) is 0 Å². The Morgan fingerprint density at radius 1 is 0.882 bits per heavy atom. The Bertz CT molecular complexity index is 1210. The van der Waals surface area contributed by atoms with Gasteiger partial charge in [0.2, 0.25) is 0 Å². The van der Waals surface area contributed by atoms with Crippen molar-refractivity contribution in [2.75, 3.05) is 14.2 Å². The Morgan fingerprint density at radius 2 is 1.47 bits per heavy atom. The van der Waals surface area contributed by atoms with Crippen LogP contribution in [0.25, 0.3) is 0 Å². The molecule has 0 aromatic heterocycles. The van der Waals surface area contributed by atoms with E-state index in [0.717, 1.165) is 16.9 Å². The first-order chi connectivity index (χ1) is 16.2. The van der Waals surface area contributed by atoms with Gasteiger partial charge < -0.3 is 14.2 Å². The third kappa shape index (κ3) is 6.74. The lowest BCUT2D eigenvalue weighted by atomic mass is 10.0. The maximum atomic E-state index is 12.8. The van der Waals surface area contributed by atoms with Gasteiger partial charge in [0.05, 0.1) is 30.9 Å². The van der Waals surface area contributed by atoms with Crippen LogP contribution in [0.3, 0.4) is 0 Å². The van der Waals surface area contributed by atoms with Gasteiger partial charge in [-0.25, -0.2) is 0 Å². The minimum Gasteiger partial charge on any atom is -0.497 e. The number of sulfonamides is 1. The lowest BCUT2D eigenvalue weighted by Gasteiger charge is -2.13. The average molecular weight is 483 g/mol. The van der Waals surface area contributed by atoms with E-state index in [2.05, 4.69) is 9.93 Å². The molecule has 8 heteroatoms. The van der Waals surface area contributed by atoms with Gasteiger partial charge >= 0.3 is 0 Å². The molecule has 0 heterocycles. The molecular formula is C26H30N2O5S. The number of ether oxygens (including phenoxy) is 3. The second-order valence-corrected chi connectivity index (χ2v) is 9.72. The maximum Gasteiger partial charge on any atom is 0.276 e. The zero-order chi connectivity index (χ0) is 24.7. The molecular weight excluding hydrogens is 452 g/mol. The summed E-state index contributed by atoms with van der Waals surface area (Å²) in [5.41, 5.74) is 3.08. The summed E-state index contributed by atoms with van der Waals surface area (Å²) in [6, 6.07) is 19.5. The van der Waals surface area contributed by atoms with E-state index in [1.807, 2.05) is 45.0 Å². The largest absolute Gasteiger partial charge is 0.497 e. The quantitative estimate of drug-likeness (QED) is 0.334. The molecule has 0 aliphatic rings. The molecule has 34 heavy (non-hydrogen) atoms. The van der Waals surface area contributed by atoms with Crippen LogP contribution in [0.1, 0.15) is 30.5 Å². The highest BCUT2D eigenvalue weighted by Crippen LogP contribution is 2.24. The van der Waals surface area contributed by atoms with Crippen LogP contribution in [0.4, 0.5) is 0 Å². The van der Waals surface area contributed by atoms with Crippen molar-refractivity contribution in [2.24, 2.45) is 5.10 Å². The van der Waals surface area contributed by atoms with Crippen molar-refractivity contribution in [3.8, 4) is 17.2 Å². The van der Waals surface area contributed by atoms with Crippen LogP contribution >= 0.6 is 0 Å². The van der Waals surface area contributed by atoms with Crippen molar-refractivity contribution in [3.05, 3.63) is 83.4 Å². The molecule has 3 aromatic carbocycles. The maximum absolute atomic E-state index is 12.8. The van der Waals surface area contributed by atoms with Crippen molar-refractivity contribution in [2.45, 2.75) is 38.2 Å². The number of methoxy groups -OCH3 is 2. The molecule has 0 saturated carbocycles. The highest BCUT2D eigenvalue weighted by atomic mass is 32.2. The summed E-state index contributed by atoms with van der Waals surface area (Å²) in [6.07, 6.45) is 0.442. The van der Waals surface area contributed by atoms with E-state index < -0.39 is 10.0 Å². The summed E-state index contributed by atoms with van der Waals surface area (Å²) < 4.78 is 42.2. The molecule has 3 aromatic rings. The van der Waals surface area contributed by atoms with E-state index in [0.29, 0.717) is 29.2 Å². The normalized spacial score (nSPS) is 11.9. The van der Waals surface area contributed by atoms with E-state index in [1.54, 1.807) is 56.7 Å². The summed E-state index contributed by atoms with van der Waals surface area (Å²) in [6.45, 7) is 5.83. The Labute approximate surface area is 201 Å². The minimum absolute atomic E-state index is 0.0726. The second-order valence-electron chi connectivity index (χ2n) is 8.05. The summed E-state index contributed by atoms with van der Waals surface area (Å²) in [4.78, 5) is 2.52. The van der Waals surface area contributed by atoms with Gasteiger partial charge in [0, 0.05) is 18.1 Å². The predicted octanol–water partition coefficient (Wildman–Crippen LogP) is 4.72. The highest BCUT2D eigenvalue weighted by molar-refractivity contribution is 7.89. The van der Waals surface area contributed by atoms with E-state index in [4.69, 9.17) is 14.2 Å². The summed E-state index contributed by atoms with van der Waals surface area (Å²) in [5.74, 6) is 1.91. The van der Waals surface area contributed by atoms with Crippen molar-refractivity contribution in [1.82, 2.24) is 4.83 Å². The molecule has 0 aliphatic carbocycles. The Balaban J connectivity index is 1.97. The second kappa shape index (κ2) is 11.1. The topological polar surface area (TPSA) is 86.2 Å². The van der Waals surface area contributed by atoms with Crippen LogP contribution in [0.5, 0.6) is 17.2 Å². The Kier molecular flexibility index (Phi) is 8.17. The number of benzene rings is 3. The molecule has 0 saturated heterocycles. The van der Waals surface area contributed by atoms with Crippen molar-refractivity contribution >= 4 is 15.7 Å². The molecule has 180 valence electrons. The van der Waals surface area contributed by atoms with Gasteiger partial charge in [-0.15, -0.1) is 0 Å². The Morgan fingerprint density at radius 3 is 2.00 bits per heavy atom. The van der Waals surface area contributed by atoms with Crippen LogP contribution in [-0.2, 0) is 16.4 Å². The first kappa shape index (κ1) is 25.1. The smallest absolute Gasteiger partial charge is 0.276 e. The molecule has 0 spiro atoms. The minimum atomic E-state index is -3.84. The third-order valence-electron chi connectivity index (χ3n) is 4.98. The number of nitrogens with one attached hydrogen (secondary N) is 1. The summed E-state index contributed by atoms with van der Waals surface area (Å²) in [7, 11) is -0.727. The molecule has 0 unspecified atom stereocenters. The first-order valence-electron chi connectivity index (χ1n) is 10.8. The molecule has 0 fully saturated rings. The number of hydrazone groups is 1. The molecule has 0 atom stereocenters. The number of hydrogen-bond donors (Lipinski definition) is 1. The molecule has 7 nitrogen and oxygen atoms in total. The fraction of sp³-hybridized carbons (Fsp3) is 0.269. The highest BCUT2D eigenvalue weighted by Gasteiger charge is 2.15. The fourth-order valence-electron chi connectivity index (χ4n) is 3.22. The van der Waals surface area contributed by atoms with E-state index in [-0.39, 0.29) is 11.0 Å². The summed E-state index contributed by atoms with van der Waals surface area (Å²) >= 11 is 0. The van der Waals surface area contributed by atoms with Crippen LogP contribution in [0, 0.1) is 6.92 Å². The monoisotopic (exact) mass is 482 g/mol. The van der Waals surface area contributed by atoms with Gasteiger partial charge in [-0.05, 0) is 62.7 Å². The average Bonchev–Trinajstić information content (AvgIpc) is 2.82. The molecule has 3 rings (SSSR count). The molecule has 0 aliphatic heterocycles. The summed E-state index contributed by atoms with van der Waals surface area (Å²) in [5, 5.41) is 4.32. The molecule has 0 bridgehead atoms. The van der Waals surface area contributed by atoms with Crippen LogP contribution in [0.15, 0.2) is 76.7 Å². The fourth-order valence-corrected chi connectivity index (χ4v) is 4.05. The van der Waals surface area contributed by atoms with Crippen LogP contribution < -0.4 is 19.0 Å². The number of nitrogens with zero attached hydrogens (tertiary/aromatic N) is 1. The molecule has 0 amide bonds. The third-order valence-corrected chi connectivity index (χ3v) is 6.21. The predicted molar refractivity (Wildman–Crippen MR) is 133 cm³/mol. The molecule has 1 N–H and O–H groups in total. The van der Waals surface area contributed by atoms with Crippen molar-refractivity contribution < 1.29 is 22.6 Å². The first-order valence-corrected chi connectivity index (χ1v) is 12.3. The van der Waals surface area contributed by atoms with E-state index >= 15 is 0 Å². The Hall–Kier alpha value is -3.52. The van der Waals surface area contributed by atoms with Gasteiger partial charge in [-0.2, -0.15) is 18.4 Å².